The van der Waals surface area contributed by atoms with Gasteiger partial charge in [-0.25, -0.2) is 4.79 Å². The van der Waals surface area contributed by atoms with E-state index in [0.717, 1.165) is 24.6 Å². The first kappa shape index (κ1) is 18.6. The first-order chi connectivity index (χ1) is 12.5. The molecule has 2 amide bonds. The largest absolute Gasteiger partial charge is 0.372 e. The van der Waals surface area contributed by atoms with Crippen LogP contribution in [0.4, 0.5) is 16.2 Å². The van der Waals surface area contributed by atoms with E-state index in [-0.39, 0.29) is 12.1 Å². The Morgan fingerprint density at radius 1 is 1.15 bits per heavy atom. The Morgan fingerprint density at radius 2 is 1.85 bits per heavy atom. The smallest absolute Gasteiger partial charge is 0.319 e. The molecule has 0 spiro atoms. The Kier molecular flexibility index (Phi) is 6.04. The van der Waals surface area contributed by atoms with Crippen LogP contribution in [0.25, 0.3) is 0 Å². The van der Waals surface area contributed by atoms with Gasteiger partial charge in [0.2, 0.25) is 0 Å². The summed E-state index contributed by atoms with van der Waals surface area (Å²) in [5.74, 6) is 0.827. The molecule has 1 aliphatic rings. The van der Waals surface area contributed by atoms with Crippen molar-refractivity contribution >= 4 is 29.0 Å². The second-order valence-corrected chi connectivity index (χ2v) is 7.53. The van der Waals surface area contributed by atoms with Gasteiger partial charge in [-0.3, -0.25) is 0 Å². The molecule has 0 unspecified atom stereocenters. The minimum absolute atomic E-state index is 0.0791. The van der Waals surface area contributed by atoms with Gasteiger partial charge >= 0.3 is 6.03 Å². The molecule has 2 N–H and O–H groups in total. The van der Waals surface area contributed by atoms with Gasteiger partial charge in [0.1, 0.15) is 0 Å². The van der Waals surface area contributed by atoms with E-state index in [2.05, 4.69) is 46.7 Å². The zero-order valence-corrected chi connectivity index (χ0v) is 16.1. The molecule has 1 atom stereocenters. The number of anilines is 2. The van der Waals surface area contributed by atoms with Gasteiger partial charge in [-0.2, -0.15) is 0 Å². The Labute approximate surface area is 160 Å². The maximum Gasteiger partial charge on any atom is 0.319 e. The summed E-state index contributed by atoms with van der Waals surface area (Å²) in [6.45, 7) is 6.55. The lowest BCUT2D eigenvalue weighted by molar-refractivity contribution is 0.249. The molecule has 2 aromatic carbocycles. The number of hydrogen-bond acceptors (Lipinski definition) is 2. The predicted octanol–water partition coefficient (Wildman–Crippen LogP) is 5.46. The minimum atomic E-state index is -0.242. The van der Waals surface area contributed by atoms with Gasteiger partial charge in [0, 0.05) is 29.5 Å². The quantitative estimate of drug-likeness (QED) is 0.749. The summed E-state index contributed by atoms with van der Waals surface area (Å²) < 4.78 is 0. The fraction of sp³-hybridized carbons (Fsp3) is 0.381. The second kappa shape index (κ2) is 8.45. The topological polar surface area (TPSA) is 44.4 Å². The number of urea groups is 1. The number of rotatable bonds is 4. The number of amides is 2. The van der Waals surface area contributed by atoms with E-state index < -0.39 is 0 Å². The highest BCUT2D eigenvalue weighted by Gasteiger charge is 2.16. The van der Waals surface area contributed by atoms with Gasteiger partial charge in [0.05, 0.1) is 6.04 Å². The molecular weight excluding hydrogens is 346 g/mol. The first-order valence-corrected chi connectivity index (χ1v) is 9.57. The minimum Gasteiger partial charge on any atom is -0.372 e. The van der Waals surface area contributed by atoms with Crippen molar-refractivity contribution < 1.29 is 4.79 Å². The number of halogens is 1. The van der Waals surface area contributed by atoms with Gasteiger partial charge in [0.15, 0.2) is 0 Å². The number of hydrogen-bond donors (Lipinski definition) is 2. The van der Waals surface area contributed by atoms with Crippen LogP contribution in [-0.2, 0) is 0 Å². The van der Waals surface area contributed by atoms with Crippen LogP contribution in [0, 0.1) is 5.92 Å². The molecule has 26 heavy (non-hydrogen) atoms. The number of nitrogens with zero attached hydrogens (tertiary/aromatic N) is 1. The van der Waals surface area contributed by atoms with E-state index in [9.17, 15) is 4.79 Å². The Morgan fingerprint density at radius 3 is 2.50 bits per heavy atom. The molecule has 0 aromatic heterocycles. The third kappa shape index (κ3) is 4.92. The normalized spacial score (nSPS) is 16.2. The van der Waals surface area contributed by atoms with Crippen LogP contribution in [0.2, 0.25) is 5.02 Å². The van der Waals surface area contributed by atoms with Crippen molar-refractivity contribution in [3.8, 4) is 0 Å². The van der Waals surface area contributed by atoms with Crippen molar-refractivity contribution in [1.82, 2.24) is 5.32 Å². The van der Waals surface area contributed by atoms with Crippen molar-refractivity contribution in [3.05, 3.63) is 59.1 Å². The summed E-state index contributed by atoms with van der Waals surface area (Å²) >= 11 is 5.94. The number of benzene rings is 2. The van der Waals surface area contributed by atoms with Crippen LogP contribution >= 0.6 is 11.6 Å². The van der Waals surface area contributed by atoms with Crippen LogP contribution in [0.3, 0.4) is 0 Å². The fourth-order valence-electron chi connectivity index (χ4n) is 3.25. The summed E-state index contributed by atoms with van der Waals surface area (Å²) in [5.41, 5.74) is 3.02. The van der Waals surface area contributed by atoms with Crippen molar-refractivity contribution in [2.24, 2.45) is 5.92 Å². The van der Waals surface area contributed by atoms with Crippen molar-refractivity contribution in [3.63, 3.8) is 0 Å². The van der Waals surface area contributed by atoms with Crippen molar-refractivity contribution in [2.45, 2.75) is 32.7 Å². The van der Waals surface area contributed by atoms with Crippen LogP contribution in [0.5, 0.6) is 0 Å². The van der Waals surface area contributed by atoms with Gasteiger partial charge < -0.3 is 15.5 Å². The lowest BCUT2D eigenvalue weighted by Gasteiger charge is -2.32. The molecule has 4 nitrogen and oxygen atoms in total. The van der Waals surface area contributed by atoms with Crippen LogP contribution in [-0.4, -0.2) is 19.1 Å². The monoisotopic (exact) mass is 371 g/mol. The average Bonchev–Trinajstić information content (AvgIpc) is 2.62. The summed E-state index contributed by atoms with van der Waals surface area (Å²) in [4.78, 5) is 14.6. The second-order valence-electron chi connectivity index (χ2n) is 7.09. The lowest BCUT2D eigenvalue weighted by Crippen LogP contribution is -2.33. The zero-order chi connectivity index (χ0) is 18.5. The van der Waals surface area contributed by atoms with Gasteiger partial charge in [-0.15, -0.1) is 0 Å². The molecule has 0 saturated carbocycles. The fourth-order valence-corrected chi connectivity index (χ4v) is 3.44. The zero-order valence-electron chi connectivity index (χ0n) is 15.3. The molecule has 1 heterocycles. The third-order valence-electron chi connectivity index (χ3n) is 4.97. The molecule has 2 aromatic rings. The molecular formula is C21H26ClN3O. The summed E-state index contributed by atoms with van der Waals surface area (Å²) in [5, 5.41) is 6.37. The molecule has 1 aliphatic heterocycles. The number of carbonyl (C=O) groups excluding carboxylic acids is 1. The lowest BCUT2D eigenvalue weighted by atomic mass is 9.98. The highest BCUT2D eigenvalue weighted by molar-refractivity contribution is 6.30. The standard InChI is InChI=1S/C21H26ClN3O/c1-15-10-12-25(13-11-15)20-8-6-17(7-9-20)16(2)23-21(26)24-19-5-3-4-18(22)14-19/h3-9,14-16H,10-13H2,1-2H3,(H2,23,24,26)/t16-/m0/s1. The molecule has 5 heteroatoms. The maximum atomic E-state index is 12.2. The first-order valence-electron chi connectivity index (χ1n) is 9.19. The van der Waals surface area contributed by atoms with E-state index in [0.29, 0.717) is 10.7 Å². The van der Waals surface area contributed by atoms with Gasteiger partial charge in [-0.1, -0.05) is 36.7 Å². The average molecular weight is 372 g/mol. The Hall–Kier alpha value is -2.20. The molecule has 1 saturated heterocycles. The molecule has 0 aliphatic carbocycles. The molecule has 0 radical (unpaired) electrons. The maximum absolute atomic E-state index is 12.2. The van der Waals surface area contributed by atoms with E-state index in [1.807, 2.05) is 13.0 Å². The van der Waals surface area contributed by atoms with Gasteiger partial charge in [-0.05, 0) is 61.6 Å². The Balaban J connectivity index is 1.56. The van der Waals surface area contributed by atoms with Gasteiger partial charge in [0.25, 0.3) is 0 Å². The van der Waals surface area contributed by atoms with Crippen molar-refractivity contribution in [1.29, 1.82) is 0 Å². The summed E-state index contributed by atoms with van der Waals surface area (Å²) in [6, 6.07) is 15.3. The summed E-state index contributed by atoms with van der Waals surface area (Å²) in [7, 11) is 0. The predicted molar refractivity (Wildman–Crippen MR) is 109 cm³/mol. The van der Waals surface area contributed by atoms with Crippen molar-refractivity contribution in [2.75, 3.05) is 23.3 Å². The molecule has 138 valence electrons. The van der Waals surface area contributed by atoms with E-state index in [4.69, 9.17) is 11.6 Å². The van der Waals surface area contributed by atoms with Crippen LogP contribution in [0.15, 0.2) is 48.5 Å². The number of carbonyl (C=O) groups is 1. The molecule has 1 fully saturated rings. The molecule has 3 rings (SSSR count). The van der Waals surface area contributed by atoms with E-state index in [1.165, 1.54) is 18.5 Å². The van der Waals surface area contributed by atoms with Crippen LogP contribution < -0.4 is 15.5 Å². The highest BCUT2D eigenvalue weighted by atomic mass is 35.5. The highest BCUT2D eigenvalue weighted by Crippen LogP contribution is 2.24. The SMILES string of the molecule is CC1CCN(c2ccc([C@H](C)NC(=O)Nc3cccc(Cl)c3)cc2)CC1. The van der Waals surface area contributed by atoms with E-state index >= 15 is 0 Å². The molecule has 0 bridgehead atoms. The Bertz CT molecular complexity index is 739. The summed E-state index contributed by atoms with van der Waals surface area (Å²) in [6.07, 6.45) is 2.51. The number of nitrogens with one attached hydrogen (secondary N) is 2. The third-order valence-corrected chi connectivity index (χ3v) is 5.21. The van der Waals surface area contributed by atoms with E-state index in [1.54, 1.807) is 18.2 Å². The van der Waals surface area contributed by atoms with Crippen LogP contribution in [0.1, 0.15) is 38.3 Å². The number of piperidine rings is 1.